The lowest BCUT2D eigenvalue weighted by Gasteiger charge is -2.30. The molecule has 3 rings (SSSR count). The Kier molecular flexibility index (Phi) is 5.18. The Morgan fingerprint density at radius 2 is 1.96 bits per heavy atom. The van der Waals surface area contributed by atoms with E-state index in [9.17, 15) is 0 Å². The summed E-state index contributed by atoms with van der Waals surface area (Å²) in [6.07, 6.45) is 9.04. The van der Waals surface area contributed by atoms with Crippen molar-refractivity contribution in [3.63, 3.8) is 0 Å². The smallest absolute Gasteiger partial charge is 0.192 e. The molecule has 2 fully saturated rings. The van der Waals surface area contributed by atoms with Gasteiger partial charge >= 0.3 is 0 Å². The number of nitrogens with one attached hydrogen (secondary N) is 2. The maximum absolute atomic E-state index is 4.76. The van der Waals surface area contributed by atoms with Crippen molar-refractivity contribution in [3.8, 4) is 0 Å². The molecule has 23 heavy (non-hydrogen) atoms. The Bertz CT molecular complexity index is 545. The van der Waals surface area contributed by atoms with Gasteiger partial charge in [-0.25, -0.2) is 4.99 Å². The SMILES string of the molecule is CCC1CCCC(NC(=NCc2nnc(C)n2C)NC2CC2)C1. The number of aliphatic imine (C=N–C) groups is 1. The van der Waals surface area contributed by atoms with Crippen LogP contribution in [0.3, 0.4) is 0 Å². The molecule has 128 valence electrons. The molecule has 2 N–H and O–H groups in total. The Morgan fingerprint density at radius 3 is 2.61 bits per heavy atom. The molecule has 0 amide bonds. The van der Waals surface area contributed by atoms with Gasteiger partial charge in [0.15, 0.2) is 11.8 Å². The van der Waals surface area contributed by atoms with Crippen LogP contribution in [-0.2, 0) is 13.6 Å². The van der Waals surface area contributed by atoms with Crippen LogP contribution >= 0.6 is 0 Å². The third kappa shape index (κ3) is 4.45. The van der Waals surface area contributed by atoms with Gasteiger partial charge in [-0.15, -0.1) is 10.2 Å². The zero-order valence-corrected chi connectivity index (χ0v) is 14.7. The van der Waals surface area contributed by atoms with E-state index >= 15 is 0 Å². The first kappa shape index (κ1) is 16.3. The molecule has 2 saturated carbocycles. The first-order valence-electron chi connectivity index (χ1n) is 9.08. The van der Waals surface area contributed by atoms with Crippen LogP contribution in [0.2, 0.25) is 0 Å². The predicted octanol–water partition coefficient (Wildman–Crippen LogP) is 2.29. The van der Waals surface area contributed by atoms with Crippen molar-refractivity contribution in [2.24, 2.45) is 18.0 Å². The average Bonchev–Trinajstić information content (AvgIpc) is 3.32. The van der Waals surface area contributed by atoms with E-state index < -0.39 is 0 Å². The van der Waals surface area contributed by atoms with Crippen molar-refractivity contribution in [3.05, 3.63) is 11.6 Å². The van der Waals surface area contributed by atoms with Gasteiger partial charge in [0.2, 0.25) is 0 Å². The molecule has 6 heteroatoms. The number of aryl methyl sites for hydroxylation is 1. The molecule has 1 aromatic rings. The summed E-state index contributed by atoms with van der Waals surface area (Å²) in [6, 6.07) is 1.16. The second-order valence-corrected chi connectivity index (χ2v) is 7.09. The maximum atomic E-state index is 4.76. The predicted molar refractivity (Wildman–Crippen MR) is 92.2 cm³/mol. The van der Waals surface area contributed by atoms with E-state index in [2.05, 4.69) is 27.8 Å². The number of aromatic nitrogens is 3. The lowest BCUT2D eigenvalue weighted by atomic mass is 9.84. The fraction of sp³-hybridized carbons (Fsp3) is 0.824. The largest absolute Gasteiger partial charge is 0.354 e. The molecule has 0 bridgehead atoms. The van der Waals surface area contributed by atoms with E-state index in [0.29, 0.717) is 18.6 Å². The molecule has 0 radical (unpaired) electrons. The molecule has 2 aliphatic carbocycles. The number of hydrogen-bond donors (Lipinski definition) is 2. The minimum Gasteiger partial charge on any atom is -0.354 e. The van der Waals surface area contributed by atoms with E-state index in [-0.39, 0.29) is 0 Å². The number of rotatable bonds is 5. The van der Waals surface area contributed by atoms with Crippen molar-refractivity contribution in [1.82, 2.24) is 25.4 Å². The maximum Gasteiger partial charge on any atom is 0.192 e. The van der Waals surface area contributed by atoms with Gasteiger partial charge in [0.25, 0.3) is 0 Å². The average molecular weight is 318 g/mol. The van der Waals surface area contributed by atoms with Crippen molar-refractivity contribution in [2.75, 3.05) is 0 Å². The zero-order valence-electron chi connectivity index (χ0n) is 14.7. The van der Waals surface area contributed by atoms with Gasteiger partial charge in [-0.3, -0.25) is 0 Å². The fourth-order valence-electron chi connectivity index (χ4n) is 3.28. The summed E-state index contributed by atoms with van der Waals surface area (Å²) in [7, 11) is 1.99. The highest BCUT2D eigenvalue weighted by Gasteiger charge is 2.25. The Labute approximate surface area is 139 Å². The highest BCUT2D eigenvalue weighted by atomic mass is 15.3. The molecule has 1 aromatic heterocycles. The normalized spacial score (nSPS) is 25.4. The molecule has 6 nitrogen and oxygen atoms in total. The lowest BCUT2D eigenvalue weighted by Crippen LogP contribution is -2.46. The molecule has 0 saturated heterocycles. The molecular formula is C17H30N6. The van der Waals surface area contributed by atoms with Gasteiger partial charge in [-0.2, -0.15) is 0 Å². The molecule has 1 heterocycles. The monoisotopic (exact) mass is 318 g/mol. The molecule has 2 unspecified atom stereocenters. The van der Waals surface area contributed by atoms with E-state index in [1.807, 2.05) is 18.5 Å². The van der Waals surface area contributed by atoms with Crippen LogP contribution in [0, 0.1) is 12.8 Å². The third-order valence-corrected chi connectivity index (χ3v) is 5.18. The molecule has 0 aromatic carbocycles. The lowest BCUT2D eigenvalue weighted by molar-refractivity contribution is 0.298. The van der Waals surface area contributed by atoms with E-state index in [1.165, 1.54) is 44.9 Å². The van der Waals surface area contributed by atoms with E-state index in [4.69, 9.17) is 4.99 Å². The quantitative estimate of drug-likeness (QED) is 0.646. The van der Waals surface area contributed by atoms with Gasteiger partial charge in [0.05, 0.1) is 0 Å². The van der Waals surface area contributed by atoms with Crippen LogP contribution in [-0.4, -0.2) is 32.8 Å². The summed E-state index contributed by atoms with van der Waals surface area (Å²) in [5.74, 6) is 3.66. The summed E-state index contributed by atoms with van der Waals surface area (Å²) in [5.41, 5.74) is 0. The highest BCUT2D eigenvalue weighted by Crippen LogP contribution is 2.26. The summed E-state index contributed by atoms with van der Waals surface area (Å²) < 4.78 is 2.01. The summed E-state index contributed by atoms with van der Waals surface area (Å²) in [5, 5.41) is 15.5. The van der Waals surface area contributed by atoms with Gasteiger partial charge in [0, 0.05) is 19.1 Å². The van der Waals surface area contributed by atoms with Crippen LogP contribution in [0.15, 0.2) is 4.99 Å². The van der Waals surface area contributed by atoms with Crippen molar-refractivity contribution in [2.45, 2.75) is 77.4 Å². The summed E-state index contributed by atoms with van der Waals surface area (Å²) in [6.45, 7) is 4.85. The molecular weight excluding hydrogens is 288 g/mol. The van der Waals surface area contributed by atoms with Crippen LogP contribution in [0.1, 0.15) is 63.5 Å². The minimum absolute atomic E-state index is 0.555. The highest BCUT2D eigenvalue weighted by molar-refractivity contribution is 5.80. The first-order chi connectivity index (χ1) is 11.2. The van der Waals surface area contributed by atoms with Gasteiger partial charge in [-0.05, 0) is 38.5 Å². The standard InChI is InChI=1S/C17H30N6/c1-4-13-6-5-7-15(10-13)20-17(19-14-8-9-14)18-11-16-22-21-12(2)23(16)3/h13-15H,4-11H2,1-3H3,(H2,18,19,20). The fourth-order valence-corrected chi connectivity index (χ4v) is 3.28. The second-order valence-electron chi connectivity index (χ2n) is 7.09. The topological polar surface area (TPSA) is 67.1 Å². The number of guanidine groups is 1. The minimum atomic E-state index is 0.555. The second kappa shape index (κ2) is 7.32. The zero-order chi connectivity index (χ0) is 16.2. The number of nitrogens with zero attached hydrogens (tertiary/aromatic N) is 4. The Hall–Kier alpha value is -1.59. The van der Waals surface area contributed by atoms with Crippen LogP contribution in [0.25, 0.3) is 0 Å². The summed E-state index contributed by atoms with van der Waals surface area (Å²) in [4.78, 5) is 4.76. The van der Waals surface area contributed by atoms with E-state index in [0.717, 1.165) is 23.5 Å². The number of hydrogen-bond acceptors (Lipinski definition) is 3. The van der Waals surface area contributed by atoms with Crippen molar-refractivity contribution < 1.29 is 0 Å². The van der Waals surface area contributed by atoms with Crippen molar-refractivity contribution >= 4 is 5.96 Å². The van der Waals surface area contributed by atoms with Crippen LogP contribution < -0.4 is 10.6 Å². The van der Waals surface area contributed by atoms with Gasteiger partial charge in [-0.1, -0.05) is 26.2 Å². The van der Waals surface area contributed by atoms with Gasteiger partial charge < -0.3 is 15.2 Å². The van der Waals surface area contributed by atoms with Crippen LogP contribution in [0.5, 0.6) is 0 Å². The molecule has 2 aliphatic rings. The van der Waals surface area contributed by atoms with Crippen molar-refractivity contribution in [1.29, 1.82) is 0 Å². The molecule has 0 spiro atoms. The Balaban J connectivity index is 1.62. The van der Waals surface area contributed by atoms with Crippen LogP contribution in [0.4, 0.5) is 0 Å². The molecule has 2 atom stereocenters. The third-order valence-electron chi connectivity index (χ3n) is 5.18. The van der Waals surface area contributed by atoms with E-state index in [1.54, 1.807) is 0 Å². The molecule has 0 aliphatic heterocycles. The van der Waals surface area contributed by atoms with Gasteiger partial charge in [0.1, 0.15) is 12.4 Å². The first-order valence-corrected chi connectivity index (χ1v) is 9.08. The Morgan fingerprint density at radius 1 is 1.17 bits per heavy atom. The summed E-state index contributed by atoms with van der Waals surface area (Å²) >= 11 is 0.